The third-order valence-corrected chi connectivity index (χ3v) is 4.83. The molecule has 2 rings (SSSR count). The summed E-state index contributed by atoms with van der Waals surface area (Å²) < 4.78 is 13.9. The van der Waals surface area contributed by atoms with Crippen molar-refractivity contribution in [2.24, 2.45) is 4.99 Å². The number of likely N-dealkylation sites (N-methyl/N-ethyl adjacent to an activating group) is 1. The minimum Gasteiger partial charge on any atom is -0.352 e. The molecule has 1 N–H and O–H groups in total. The Morgan fingerprint density at radius 2 is 2.04 bits per heavy atom. The fourth-order valence-corrected chi connectivity index (χ4v) is 3.30. The number of benzene rings is 1. The lowest BCUT2D eigenvalue weighted by Gasteiger charge is -2.22. The van der Waals surface area contributed by atoms with Gasteiger partial charge in [-0.1, -0.05) is 12.1 Å². The second-order valence-corrected chi connectivity index (χ2v) is 7.35. The van der Waals surface area contributed by atoms with E-state index in [0.29, 0.717) is 18.7 Å². The van der Waals surface area contributed by atoms with Crippen LogP contribution in [-0.2, 0) is 19.5 Å². The molecule has 1 aromatic heterocycles. The molecule has 2 aromatic rings. The molecule has 0 aliphatic rings. The Kier molecular flexibility index (Phi) is 7.40. The Morgan fingerprint density at radius 1 is 1.24 bits per heavy atom. The van der Waals surface area contributed by atoms with Crippen LogP contribution in [0, 0.1) is 5.82 Å². The van der Waals surface area contributed by atoms with Crippen molar-refractivity contribution in [1.29, 1.82) is 0 Å². The van der Waals surface area contributed by atoms with Crippen molar-refractivity contribution in [2.45, 2.75) is 19.5 Å². The lowest BCUT2D eigenvalue weighted by atomic mass is 10.1. The molecule has 0 saturated heterocycles. The van der Waals surface area contributed by atoms with Crippen LogP contribution >= 0.6 is 11.3 Å². The number of aliphatic imine (C=N–C) groups is 1. The van der Waals surface area contributed by atoms with Crippen molar-refractivity contribution in [3.8, 4) is 0 Å². The molecule has 0 aliphatic heterocycles. The summed E-state index contributed by atoms with van der Waals surface area (Å²) in [4.78, 5) is 9.79. The summed E-state index contributed by atoms with van der Waals surface area (Å²) in [7, 11) is 7.70. The average molecular weight is 363 g/mol. The van der Waals surface area contributed by atoms with Gasteiger partial charge in [-0.15, -0.1) is 11.3 Å². The van der Waals surface area contributed by atoms with Crippen molar-refractivity contribution in [1.82, 2.24) is 15.1 Å². The zero-order valence-corrected chi connectivity index (χ0v) is 16.2. The predicted octanol–water partition coefficient (Wildman–Crippen LogP) is 3.20. The van der Waals surface area contributed by atoms with E-state index in [0.717, 1.165) is 24.5 Å². The van der Waals surface area contributed by atoms with Gasteiger partial charge in [-0.05, 0) is 49.7 Å². The number of nitrogens with zero attached hydrogens (tertiary/aromatic N) is 3. The van der Waals surface area contributed by atoms with Crippen LogP contribution in [-0.4, -0.2) is 50.5 Å². The van der Waals surface area contributed by atoms with Crippen LogP contribution in [0.3, 0.4) is 0 Å². The highest BCUT2D eigenvalue weighted by atomic mass is 32.1. The quantitative estimate of drug-likeness (QED) is 0.606. The summed E-state index contributed by atoms with van der Waals surface area (Å²) >= 11 is 1.78. The van der Waals surface area contributed by atoms with Crippen LogP contribution in [0.25, 0.3) is 0 Å². The molecule has 0 unspecified atom stereocenters. The van der Waals surface area contributed by atoms with Crippen LogP contribution in [0.1, 0.15) is 16.0 Å². The van der Waals surface area contributed by atoms with Gasteiger partial charge in [0.1, 0.15) is 5.82 Å². The van der Waals surface area contributed by atoms with Crippen molar-refractivity contribution >= 4 is 17.3 Å². The highest BCUT2D eigenvalue weighted by molar-refractivity contribution is 7.09. The highest BCUT2D eigenvalue weighted by Crippen LogP contribution is 2.13. The summed E-state index contributed by atoms with van der Waals surface area (Å²) in [5.74, 6) is 0.685. The van der Waals surface area contributed by atoms with E-state index in [-0.39, 0.29) is 5.82 Å². The second kappa shape index (κ2) is 9.53. The summed E-state index contributed by atoms with van der Waals surface area (Å²) in [6.45, 7) is 2.11. The summed E-state index contributed by atoms with van der Waals surface area (Å²) in [5.41, 5.74) is 1.76. The van der Waals surface area contributed by atoms with E-state index in [9.17, 15) is 4.39 Å². The van der Waals surface area contributed by atoms with E-state index in [4.69, 9.17) is 0 Å². The molecule has 25 heavy (non-hydrogen) atoms. The summed E-state index contributed by atoms with van der Waals surface area (Å²) in [6.07, 6.45) is 0.998. The lowest BCUT2D eigenvalue weighted by Crippen LogP contribution is -2.39. The lowest BCUT2D eigenvalue weighted by molar-refractivity contribution is 0.392. The van der Waals surface area contributed by atoms with Crippen molar-refractivity contribution < 1.29 is 4.39 Å². The first-order valence-electron chi connectivity index (χ1n) is 8.35. The fraction of sp³-hybridized carbons (Fsp3) is 0.421. The number of nitrogens with one attached hydrogen (secondary N) is 1. The average Bonchev–Trinajstić information content (AvgIpc) is 3.09. The van der Waals surface area contributed by atoms with Gasteiger partial charge >= 0.3 is 0 Å². The molecule has 1 aromatic carbocycles. The number of guanidine groups is 1. The fourth-order valence-electron chi connectivity index (χ4n) is 2.60. The van der Waals surface area contributed by atoms with Gasteiger partial charge in [0.05, 0.1) is 0 Å². The smallest absolute Gasteiger partial charge is 0.193 e. The molecule has 6 heteroatoms. The zero-order valence-electron chi connectivity index (χ0n) is 15.4. The molecule has 1 heterocycles. The number of hydrogen-bond donors (Lipinski definition) is 1. The summed E-state index contributed by atoms with van der Waals surface area (Å²) in [6, 6.07) is 9.51. The predicted molar refractivity (Wildman–Crippen MR) is 105 cm³/mol. The monoisotopic (exact) mass is 362 g/mol. The van der Waals surface area contributed by atoms with Gasteiger partial charge in [-0.25, -0.2) is 4.39 Å². The Balaban J connectivity index is 1.91. The number of thiophene rings is 1. The van der Waals surface area contributed by atoms with Gasteiger partial charge in [0, 0.05) is 44.2 Å². The van der Waals surface area contributed by atoms with E-state index in [1.807, 2.05) is 38.2 Å². The standard InChI is InChI=1S/C19H27FN4S/c1-21-19(24(4)10-9-17-6-5-11-25-17)22-13-15-7-8-18(20)16(12-15)14-23(2)3/h5-8,11-12H,9-10,13-14H2,1-4H3,(H,21,22). The molecule has 0 fully saturated rings. The Hall–Kier alpha value is -1.92. The van der Waals surface area contributed by atoms with Gasteiger partial charge in [0.2, 0.25) is 0 Å². The number of halogens is 1. The van der Waals surface area contributed by atoms with Gasteiger partial charge in [0.15, 0.2) is 5.96 Å². The van der Waals surface area contributed by atoms with Gasteiger partial charge < -0.3 is 15.1 Å². The van der Waals surface area contributed by atoms with E-state index >= 15 is 0 Å². The first kappa shape index (κ1) is 19.4. The maximum Gasteiger partial charge on any atom is 0.193 e. The molecule has 0 spiro atoms. The largest absolute Gasteiger partial charge is 0.352 e. The first-order valence-corrected chi connectivity index (χ1v) is 9.23. The molecule has 0 amide bonds. The first-order chi connectivity index (χ1) is 12.0. The maximum absolute atomic E-state index is 13.9. The molecular formula is C19H27FN4S. The minimum atomic E-state index is -0.158. The van der Waals surface area contributed by atoms with Crippen molar-refractivity contribution in [2.75, 3.05) is 34.7 Å². The normalized spacial score (nSPS) is 11.8. The Labute approximate surface area is 154 Å². The Bertz CT molecular complexity index is 683. The van der Waals surface area contributed by atoms with Gasteiger partial charge in [-0.3, -0.25) is 4.99 Å². The molecule has 0 saturated carbocycles. The van der Waals surface area contributed by atoms with Gasteiger partial charge in [-0.2, -0.15) is 0 Å². The molecule has 0 atom stereocenters. The number of hydrogen-bond acceptors (Lipinski definition) is 3. The summed E-state index contributed by atoms with van der Waals surface area (Å²) in [5, 5.41) is 5.46. The second-order valence-electron chi connectivity index (χ2n) is 6.32. The zero-order chi connectivity index (χ0) is 18.2. The van der Waals surface area contributed by atoms with Crippen LogP contribution in [0.5, 0.6) is 0 Å². The van der Waals surface area contributed by atoms with Crippen molar-refractivity contribution in [3.05, 3.63) is 57.5 Å². The molecule has 136 valence electrons. The van der Waals surface area contributed by atoms with Crippen LogP contribution < -0.4 is 5.32 Å². The molecule has 0 bridgehead atoms. The van der Waals surface area contributed by atoms with Crippen LogP contribution in [0.4, 0.5) is 4.39 Å². The molecule has 4 nitrogen and oxygen atoms in total. The maximum atomic E-state index is 13.9. The van der Waals surface area contributed by atoms with E-state index in [1.165, 1.54) is 4.88 Å². The van der Waals surface area contributed by atoms with Crippen molar-refractivity contribution in [3.63, 3.8) is 0 Å². The Morgan fingerprint density at radius 3 is 2.68 bits per heavy atom. The van der Waals surface area contributed by atoms with Crippen LogP contribution in [0.15, 0.2) is 40.7 Å². The highest BCUT2D eigenvalue weighted by Gasteiger charge is 2.08. The third-order valence-electron chi connectivity index (χ3n) is 3.89. The van der Waals surface area contributed by atoms with E-state index in [1.54, 1.807) is 24.5 Å². The van der Waals surface area contributed by atoms with E-state index in [2.05, 4.69) is 32.7 Å². The number of rotatable bonds is 7. The van der Waals surface area contributed by atoms with E-state index < -0.39 is 0 Å². The SMILES string of the molecule is CN=C(NCc1ccc(F)c(CN(C)C)c1)N(C)CCc1cccs1. The molecular weight excluding hydrogens is 335 g/mol. The topological polar surface area (TPSA) is 30.9 Å². The molecule has 0 radical (unpaired) electrons. The molecule has 0 aliphatic carbocycles. The third kappa shape index (κ3) is 6.14. The van der Waals surface area contributed by atoms with Crippen LogP contribution in [0.2, 0.25) is 0 Å². The van der Waals surface area contributed by atoms with Gasteiger partial charge in [0.25, 0.3) is 0 Å². The minimum absolute atomic E-state index is 0.158.